The molecule has 2 amide bonds. The largest absolute Gasteiger partial charge is 0.478 e. The lowest BCUT2D eigenvalue weighted by Crippen LogP contribution is -2.19. The molecule has 3 aromatic carbocycles. The number of nitrogens with one attached hydrogen (secondary N) is 2. The van der Waals surface area contributed by atoms with Gasteiger partial charge in [-0.3, -0.25) is 9.59 Å². The predicted molar refractivity (Wildman–Crippen MR) is 102 cm³/mol. The summed E-state index contributed by atoms with van der Waals surface area (Å²) in [5.74, 6) is -2.01. The second-order valence-electron chi connectivity index (χ2n) is 5.67. The molecule has 0 bridgehead atoms. The molecular formula is C21H16N2O4. The summed E-state index contributed by atoms with van der Waals surface area (Å²) >= 11 is 0. The van der Waals surface area contributed by atoms with E-state index in [1.165, 1.54) is 12.1 Å². The Kier molecular flexibility index (Phi) is 5.28. The molecule has 0 aliphatic rings. The van der Waals surface area contributed by atoms with E-state index in [0.717, 1.165) is 0 Å². The number of rotatable bonds is 5. The molecular weight excluding hydrogens is 344 g/mol. The average Bonchev–Trinajstić information content (AvgIpc) is 2.69. The van der Waals surface area contributed by atoms with Crippen LogP contribution in [0.2, 0.25) is 0 Å². The van der Waals surface area contributed by atoms with Gasteiger partial charge in [-0.2, -0.15) is 0 Å². The van der Waals surface area contributed by atoms with Crippen molar-refractivity contribution < 1.29 is 19.5 Å². The average molecular weight is 360 g/mol. The van der Waals surface area contributed by atoms with Crippen LogP contribution in [0.5, 0.6) is 0 Å². The summed E-state index contributed by atoms with van der Waals surface area (Å²) in [6, 6.07) is 21.3. The van der Waals surface area contributed by atoms with Gasteiger partial charge in [0, 0.05) is 5.56 Å². The third kappa shape index (κ3) is 4.19. The van der Waals surface area contributed by atoms with Crippen molar-refractivity contribution in [2.45, 2.75) is 0 Å². The zero-order valence-corrected chi connectivity index (χ0v) is 14.2. The van der Waals surface area contributed by atoms with Gasteiger partial charge in [0.1, 0.15) is 0 Å². The highest BCUT2D eigenvalue weighted by Gasteiger charge is 2.17. The zero-order chi connectivity index (χ0) is 19.2. The van der Waals surface area contributed by atoms with Crippen LogP contribution in [0.1, 0.15) is 31.1 Å². The lowest BCUT2D eigenvalue weighted by Gasteiger charge is -2.12. The first-order valence-corrected chi connectivity index (χ1v) is 8.15. The van der Waals surface area contributed by atoms with E-state index in [2.05, 4.69) is 10.6 Å². The molecule has 6 heteroatoms. The van der Waals surface area contributed by atoms with Crippen LogP contribution in [0.4, 0.5) is 11.4 Å². The normalized spacial score (nSPS) is 10.1. The number of hydrogen-bond acceptors (Lipinski definition) is 3. The van der Waals surface area contributed by atoms with Gasteiger partial charge in [-0.25, -0.2) is 4.79 Å². The SMILES string of the molecule is O=C(Nc1ccccc1C(=O)Nc1ccccc1C(=O)O)c1ccccc1. The maximum atomic E-state index is 12.7. The Morgan fingerprint density at radius 3 is 1.70 bits per heavy atom. The van der Waals surface area contributed by atoms with Gasteiger partial charge in [0.15, 0.2) is 0 Å². The first kappa shape index (κ1) is 17.9. The number of hydrogen-bond donors (Lipinski definition) is 3. The van der Waals surface area contributed by atoms with E-state index in [-0.39, 0.29) is 22.7 Å². The van der Waals surface area contributed by atoms with Crippen molar-refractivity contribution in [3.8, 4) is 0 Å². The quantitative estimate of drug-likeness (QED) is 0.643. The van der Waals surface area contributed by atoms with E-state index in [0.29, 0.717) is 11.3 Å². The topological polar surface area (TPSA) is 95.5 Å². The third-order valence-electron chi connectivity index (χ3n) is 3.86. The monoisotopic (exact) mass is 360 g/mol. The molecule has 0 spiro atoms. The Morgan fingerprint density at radius 1 is 0.593 bits per heavy atom. The minimum absolute atomic E-state index is 0.0170. The fourth-order valence-corrected chi connectivity index (χ4v) is 2.54. The molecule has 0 aliphatic carbocycles. The fourth-order valence-electron chi connectivity index (χ4n) is 2.54. The number of amides is 2. The van der Waals surface area contributed by atoms with Crippen molar-refractivity contribution in [3.05, 3.63) is 95.6 Å². The number of carboxylic acids is 1. The minimum Gasteiger partial charge on any atom is -0.478 e. The lowest BCUT2D eigenvalue weighted by molar-refractivity contribution is 0.0697. The van der Waals surface area contributed by atoms with Gasteiger partial charge in [-0.15, -0.1) is 0 Å². The van der Waals surface area contributed by atoms with Crippen LogP contribution in [0.15, 0.2) is 78.9 Å². The van der Waals surface area contributed by atoms with Gasteiger partial charge in [-0.05, 0) is 36.4 Å². The number of carboxylic acid groups (broad SMARTS) is 1. The van der Waals surface area contributed by atoms with Crippen molar-refractivity contribution in [2.24, 2.45) is 0 Å². The van der Waals surface area contributed by atoms with E-state index in [9.17, 15) is 19.5 Å². The van der Waals surface area contributed by atoms with Gasteiger partial charge < -0.3 is 15.7 Å². The molecule has 0 radical (unpaired) electrons. The van der Waals surface area contributed by atoms with E-state index in [4.69, 9.17) is 0 Å². The Morgan fingerprint density at radius 2 is 1.07 bits per heavy atom. The van der Waals surface area contributed by atoms with E-state index < -0.39 is 11.9 Å². The Labute approximate surface area is 155 Å². The van der Waals surface area contributed by atoms with Gasteiger partial charge >= 0.3 is 5.97 Å². The Bertz CT molecular complexity index is 1000. The molecule has 0 saturated carbocycles. The summed E-state index contributed by atoms with van der Waals surface area (Å²) in [5, 5.41) is 14.5. The number of carbonyl (C=O) groups is 3. The van der Waals surface area contributed by atoms with E-state index >= 15 is 0 Å². The second-order valence-corrected chi connectivity index (χ2v) is 5.67. The highest BCUT2D eigenvalue weighted by molar-refractivity contribution is 6.13. The van der Waals surface area contributed by atoms with Gasteiger partial charge in [0.25, 0.3) is 11.8 Å². The van der Waals surface area contributed by atoms with Crippen molar-refractivity contribution in [1.82, 2.24) is 0 Å². The molecule has 0 saturated heterocycles. The van der Waals surface area contributed by atoms with Crippen LogP contribution < -0.4 is 10.6 Å². The van der Waals surface area contributed by atoms with Crippen LogP contribution in [0.3, 0.4) is 0 Å². The molecule has 3 N–H and O–H groups in total. The maximum Gasteiger partial charge on any atom is 0.337 e. The molecule has 6 nitrogen and oxygen atoms in total. The summed E-state index contributed by atoms with van der Waals surface area (Å²) in [5.41, 5.74) is 1.18. The standard InChI is InChI=1S/C21H16N2O4/c24-19(14-8-2-1-3-9-14)22-17-12-6-4-10-15(17)20(25)23-18-13-7-5-11-16(18)21(26)27/h1-13H,(H,22,24)(H,23,25)(H,26,27). The molecule has 134 valence electrons. The summed E-state index contributed by atoms with van der Waals surface area (Å²) in [4.78, 5) is 36.3. The molecule has 0 heterocycles. The van der Waals surface area contributed by atoms with Gasteiger partial charge in [-0.1, -0.05) is 42.5 Å². The Balaban J connectivity index is 1.85. The smallest absolute Gasteiger partial charge is 0.337 e. The zero-order valence-electron chi connectivity index (χ0n) is 14.2. The minimum atomic E-state index is -1.14. The van der Waals surface area contributed by atoms with Crippen LogP contribution >= 0.6 is 0 Å². The third-order valence-corrected chi connectivity index (χ3v) is 3.86. The summed E-state index contributed by atoms with van der Waals surface area (Å²) < 4.78 is 0. The van der Waals surface area contributed by atoms with Crippen molar-refractivity contribution >= 4 is 29.2 Å². The predicted octanol–water partition coefficient (Wildman–Crippen LogP) is 3.89. The number of aromatic carboxylic acids is 1. The number of para-hydroxylation sites is 2. The highest BCUT2D eigenvalue weighted by Crippen LogP contribution is 2.20. The number of anilines is 2. The van der Waals surface area contributed by atoms with Crippen LogP contribution in [-0.4, -0.2) is 22.9 Å². The molecule has 27 heavy (non-hydrogen) atoms. The summed E-state index contributed by atoms with van der Waals surface area (Å²) in [7, 11) is 0. The highest BCUT2D eigenvalue weighted by atomic mass is 16.4. The number of benzene rings is 3. The molecule has 0 aliphatic heterocycles. The van der Waals surface area contributed by atoms with Gasteiger partial charge in [0.05, 0.1) is 22.5 Å². The van der Waals surface area contributed by atoms with Gasteiger partial charge in [0.2, 0.25) is 0 Å². The fraction of sp³-hybridized carbons (Fsp3) is 0. The van der Waals surface area contributed by atoms with E-state index in [1.807, 2.05) is 0 Å². The first-order chi connectivity index (χ1) is 13.1. The second kappa shape index (κ2) is 7.97. The van der Waals surface area contributed by atoms with Crippen molar-refractivity contribution in [3.63, 3.8) is 0 Å². The van der Waals surface area contributed by atoms with Crippen molar-refractivity contribution in [1.29, 1.82) is 0 Å². The van der Waals surface area contributed by atoms with Crippen LogP contribution in [0.25, 0.3) is 0 Å². The van der Waals surface area contributed by atoms with Crippen LogP contribution in [-0.2, 0) is 0 Å². The lowest BCUT2D eigenvalue weighted by atomic mass is 10.1. The van der Waals surface area contributed by atoms with Crippen molar-refractivity contribution in [2.75, 3.05) is 10.6 Å². The molecule has 0 fully saturated rings. The van der Waals surface area contributed by atoms with E-state index in [1.54, 1.807) is 66.7 Å². The number of carbonyl (C=O) groups excluding carboxylic acids is 2. The maximum absolute atomic E-state index is 12.7. The Hall–Kier alpha value is -3.93. The first-order valence-electron chi connectivity index (χ1n) is 8.15. The molecule has 0 atom stereocenters. The summed E-state index contributed by atoms with van der Waals surface area (Å²) in [6.07, 6.45) is 0. The summed E-state index contributed by atoms with van der Waals surface area (Å²) in [6.45, 7) is 0. The molecule has 0 aromatic heterocycles. The van der Waals surface area contributed by atoms with Crippen LogP contribution in [0, 0.1) is 0 Å². The molecule has 0 unspecified atom stereocenters. The molecule has 3 rings (SSSR count). The molecule has 3 aromatic rings.